The first kappa shape index (κ1) is 8.66. The van der Waals surface area contributed by atoms with Gasteiger partial charge in [0.1, 0.15) is 0 Å². The van der Waals surface area contributed by atoms with Crippen LogP contribution in [0.3, 0.4) is 0 Å². The number of nitrogens with one attached hydrogen (secondary N) is 1. The fourth-order valence-corrected chi connectivity index (χ4v) is 1.68. The van der Waals surface area contributed by atoms with Crippen LogP contribution in [-0.4, -0.2) is 30.0 Å². The second kappa shape index (κ2) is 3.44. The van der Waals surface area contributed by atoms with Crippen molar-refractivity contribution < 1.29 is 0 Å². The van der Waals surface area contributed by atoms with Crippen LogP contribution in [0, 0.1) is 6.92 Å². The molecule has 1 fully saturated rings. The molecule has 0 radical (unpaired) electrons. The van der Waals surface area contributed by atoms with Gasteiger partial charge < -0.3 is 0 Å². The molecule has 0 saturated carbocycles. The average Bonchev–Trinajstić information content (AvgIpc) is 2.53. The molecular weight excluding hydrogens is 162 g/mol. The van der Waals surface area contributed by atoms with Crippen molar-refractivity contribution in [2.75, 3.05) is 20.1 Å². The minimum absolute atomic E-state index is 0.355. The lowest BCUT2D eigenvalue weighted by atomic mass is 10.2. The van der Waals surface area contributed by atoms with E-state index in [2.05, 4.69) is 34.4 Å². The van der Waals surface area contributed by atoms with E-state index in [9.17, 15) is 0 Å². The highest BCUT2D eigenvalue weighted by atomic mass is 15.3. The van der Waals surface area contributed by atoms with Crippen molar-refractivity contribution in [1.29, 1.82) is 0 Å². The second-order valence-electron chi connectivity index (χ2n) is 3.57. The molecule has 1 atom stereocenters. The minimum Gasteiger partial charge on any atom is -0.297 e. The Morgan fingerprint density at radius 2 is 2.38 bits per heavy atom. The van der Waals surface area contributed by atoms with Crippen LogP contribution >= 0.6 is 0 Å². The standard InChI is InChI=1S/C10H15N3/c1-8-3-4-9(7-12-8)10-11-5-6-13(10)2/h3-4,7,10-11H,5-6H2,1-2H3. The molecule has 0 aliphatic carbocycles. The summed E-state index contributed by atoms with van der Waals surface area (Å²) in [7, 11) is 2.13. The predicted octanol–water partition coefficient (Wildman–Crippen LogP) is 0.924. The van der Waals surface area contributed by atoms with E-state index in [1.54, 1.807) is 0 Å². The molecule has 1 aliphatic heterocycles. The number of aromatic nitrogens is 1. The van der Waals surface area contributed by atoms with E-state index in [-0.39, 0.29) is 0 Å². The summed E-state index contributed by atoms with van der Waals surface area (Å²) in [5, 5.41) is 3.43. The molecule has 13 heavy (non-hydrogen) atoms. The van der Waals surface area contributed by atoms with E-state index in [1.807, 2.05) is 13.1 Å². The Kier molecular flexibility index (Phi) is 2.29. The van der Waals surface area contributed by atoms with Gasteiger partial charge >= 0.3 is 0 Å². The summed E-state index contributed by atoms with van der Waals surface area (Å²) in [6.45, 7) is 4.18. The lowest BCUT2D eigenvalue weighted by Crippen LogP contribution is -2.23. The van der Waals surface area contributed by atoms with Crippen molar-refractivity contribution in [1.82, 2.24) is 15.2 Å². The van der Waals surface area contributed by atoms with Crippen LogP contribution in [0.4, 0.5) is 0 Å². The van der Waals surface area contributed by atoms with Gasteiger partial charge in [-0.1, -0.05) is 6.07 Å². The number of nitrogens with zero attached hydrogens (tertiary/aromatic N) is 2. The molecule has 3 heteroatoms. The number of aryl methyl sites for hydroxylation is 1. The van der Waals surface area contributed by atoms with Crippen LogP contribution < -0.4 is 5.32 Å². The largest absolute Gasteiger partial charge is 0.297 e. The number of hydrogen-bond acceptors (Lipinski definition) is 3. The van der Waals surface area contributed by atoms with Crippen LogP contribution in [0.25, 0.3) is 0 Å². The molecule has 0 bridgehead atoms. The van der Waals surface area contributed by atoms with Crippen molar-refractivity contribution in [2.45, 2.75) is 13.1 Å². The maximum atomic E-state index is 4.29. The summed E-state index contributed by atoms with van der Waals surface area (Å²) in [4.78, 5) is 6.59. The maximum absolute atomic E-state index is 4.29. The lowest BCUT2D eigenvalue weighted by Gasteiger charge is -2.18. The van der Waals surface area contributed by atoms with Gasteiger partial charge in [0.05, 0.1) is 6.17 Å². The van der Waals surface area contributed by atoms with Crippen LogP contribution in [0.1, 0.15) is 17.4 Å². The van der Waals surface area contributed by atoms with Gasteiger partial charge in [0, 0.05) is 30.5 Å². The third kappa shape index (κ3) is 1.71. The Hall–Kier alpha value is -0.930. The van der Waals surface area contributed by atoms with Gasteiger partial charge in [0.15, 0.2) is 0 Å². The van der Waals surface area contributed by atoms with E-state index in [1.165, 1.54) is 5.56 Å². The smallest absolute Gasteiger partial charge is 0.0874 e. The monoisotopic (exact) mass is 177 g/mol. The molecule has 1 saturated heterocycles. The van der Waals surface area contributed by atoms with Gasteiger partial charge in [-0.05, 0) is 20.0 Å². The molecule has 0 amide bonds. The highest BCUT2D eigenvalue weighted by molar-refractivity contribution is 5.17. The molecule has 1 N–H and O–H groups in total. The first-order chi connectivity index (χ1) is 6.27. The quantitative estimate of drug-likeness (QED) is 0.691. The molecule has 0 aromatic carbocycles. The van der Waals surface area contributed by atoms with E-state index in [0.717, 1.165) is 18.8 Å². The van der Waals surface area contributed by atoms with Crippen molar-refractivity contribution in [3.05, 3.63) is 29.6 Å². The predicted molar refractivity (Wildman–Crippen MR) is 52.3 cm³/mol. The maximum Gasteiger partial charge on any atom is 0.0874 e. The second-order valence-corrected chi connectivity index (χ2v) is 3.57. The first-order valence-electron chi connectivity index (χ1n) is 4.63. The molecule has 1 aromatic heterocycles. The average molecular weight is 177 g/mol. The van der Waals surface area contributed by atoms with Crippen LogP contribution in [-0.2, 0) is 0 Å². The molecule has 1 aliphatic rings. The first-order valence-corrected chi connectivity index (χ1v) is 4.63. The normalized spacial score (nSPS) is 23.7. The summed E-state index contributed by atoms with van der Waals surface area (Å²) < 4.78 is 0. The molecule has 2 heterocycles. The van der Waals surface area contributed by atoms with Gasteiger partial charge in [0.2, 0.25) is 0 Å². The Morgan fingerprint density at radius 1 is 1.54 bits per heavy atom. The summed E-state index contributed by atoms with van der Waals surface area (Å²) in [6.07, 6.45) is 2.31. The van der Waals surface area contributed by atoms with E-state index in [0.29, 0.717) is 6.17 Å². The Morgan fingerprint density at radius 3 is 2.92 bits per heavy atom. The van der Waals surface area contributed by atoms with Gasteiger partial charge in [-0.3, -0.25) is 15.2 Å². The topological polar surface area (TPSA) is 28.2 Å². The highest BCUT2D eigenvalue weighted by Gasteiger charge is 2.21. The van der Waals surface area contributed by atoms with E-state index in [4.69, 9.17) is 0 Å². The van der Waals surface area contributed by atoms with E-state index < -0.39 is 0 Å². The third-order valence-electron chi connectivity index (χ3n) is 2.49. The molecule has 0 spiro atoms. The summed E-state index contributed by atoms with van der Waals surface area (Å²) in [5.74, 6) is 0. The fraction of sp³-hybridized carbons (Fsp3) is 0.500. The zero-order valence-corrected chi connectivity index (χ0v) is 8.12. The highest BCUT2D eigenvalue weighted by Crippen LogP contribution is 2.18. The van der Waals surface area contributed by atoms with Gasteiger partial charge in [0.25, 0.3) is 0 Å². The number of pyridine rings is 1. The van der Waals surface area contributed by atoms with Gasteiger partial charge in [-0.15, -0.1) is 0 Å². The molecule has 70 valence electrons. The summed E-state index contributed by atoms with van der Waals surface area (Å²) in [6, 6.07) is 4.20. The van der Waals surface area contributed by atoms with Crippen LogP contribution in [0.15, 0.2) is 18.3 Å². The SMILES string of the molecule is Cc1ccc(C2NCCN2C)cn1. The zero-order chi connectivity index (χ0) is 9.26. The van der Waals surface area contributed by atoms with Gasteiger partial charge in [-0.2, -0.15) is 0 Å². The Labute approximate surface area is 78.8 Å². The summed E-state index contributed by atoms with van der Waals surface area (Å²) in [5.41, 5.74) is 2.33. The third-order valence-corrected chi connectivity index (χ3v) is 2.49. The zero-order valence-electron chi connectivity index (χ0n) is 8.12. The molecule has 3 nitrogen and oxygen atoms in total. The Balaban J connectivity index is 2.20. The molecule has 1 aromatic rings. The molecule has 1 unspecified atom stereocenters. The lowest BCUT2D eigenvalue weighted by molar-refractivity contribution is 0.300. The van der Waals surface area contributed by atoms with Crippen LogP contribution in [0.2, 0.25) is 0 Å². The molecular formula is C10H15N3. The van der Waals surface area contributed by atoms with Crippen molar-refractivity contribution in [2.24, 2.45) is 0 Å². The van der Waals surface area contributed by atoms with Crippen molar-refractivity contribution >= 4 is 0 Å². The summed E-state index contributed by atoms with van der Waals surface area (Å²) >= 11 is 0. The Bertz CT molecular complexity index is 281. The fourth-order valence-electron chi connectivity index (χ4n) is 1.68. The minimum atomic E-state index is 0.355. The number of likely N-dealkylation sites (N-methyl/N-ethyl adjacent to an activating group) is 1. The van der Waals surface area contributed by atoms with Crippen LogP contribution in [0.5, 0.6) is 0 Å². The number of hydrogen-bond donors (Lipinski definition) is 1. The molecule has 2 rings (SSSR count). The van der Waals surface area contributed by atoms with Crippen molar-refractivity contribution in [3.63, 3.8) is 0 Å². The number of rotatable bonds is 1. The van der Waals surface area contributed by atoms with Crippen molar-refractivity contribution in [3.8, 4) is 0 Å². The van der Waals surface area contributed by atoms with E-state index >= 15 is 0 Å². The van der Waals surface area contributed by atoms with Gasteiger partial charge in [-0.25, -0.2) is 0 Å².